The van der Waals surface area contributed by atoms with E-state index in [1.165, 1.54) is 35.9 Å². The van der Waals surface area contributed by atoms with Crippen molar-refractivity contribution in [2.45, 2.75) is 12.8 Å². The third-order valence-electron chi connectivity index (χ3n) is 5.17. The molecule has 0 bridgehead atoms. The van der Waals surface area contributed by atoms with E-state index in [-0.39, 0.29) is 12.4 Å². The number of aromatic nitrogens is 3. The molecule has 2 aromatic carbocycles. The molecule has 11 heteroatoms. The summed E-state index contributed by atoms with van der Waals surface area (Å²) in [6.07, 6.45) is -2.00. The van der Waals surface area contributed by atoms with Crippen LogP contribution >= 0.6 is 22.9 Å². The Morgan fingerprint density at radius 1 is 0.974 bits per heavy atom. The van der Waals surface area contributed by atoms with Gasteiger partial charge >= 0.3 is 6.18 Å². The molecule has 5 nitrogen and oxygen atoms in total. The Balaban J connectivity index is 1.31. The molecular weight excluding hydrogens is 540 g/mol. The first-order valence-electron chi connectivity index (χ1n) is 11.0. The summed E-state index contributed by atoms with van der Waals surface area (Å²) in [4.78, 5) is 12.7. The van der Waals surface area contributed by atoms with E-state index < -0.39 is 11.9 Å². The first-order valence-corrected chi connectivity index (χ1v) is 12.2. The third-order valence-corrected chi connectivity index (χ3v) is 6.51. The number of rotatable bonds is 5. The number of nitrogens with zero attached hydrogens (tertiary/aromatic N) is 3. The zero-order valence-electron chi connectivity index (χ0n) is 19.2. The van der Waals surface area contributed by atoms with E-state index in [0.717, 1.165) is 17.0 Å². The number of fused-ring (bicyclic) bond motifs is 1. The van der Waals surface area contributed by atoms with Crippen LogP contribution in [0, 0.1) is 17.7 Å². The van der Waals surface area contributed by atoms with Crippen molar-refractivity contribution < 1.29 is 22.3 Å². The van der Waals surface area contributed by atoms with E-state index >= 15 is 0 Å². The minimum absolute atomic E-state index is 0.165. The third kappa shape index (κ3) is 6.02. The minimum atomic E-state index is -4.50. The van der Waals surface area contributed by atoms with Crippen LogP contribution in [0.3, 0.4) is 0 Å². The number of benzene rings is 2. The molecule has 0 radical (unpaired) electrons. The van der Waals surface area contributed by atoms with Gasteiger partial charge in [-0.1, -0.05) is 35.6 Å². The number of anilines is 2. The molecule has 1 N–H and O–H groups in total. The Kier molecular flexibility index (Phi) is 7.13. The zero-order chi connectivity index (χ0) is 26.7. The highest BCUT2D eigenvalue weighted by Crippen LogP contribution is 2.33. The van der Waals surface area contributed by atoms with Crippen molar-refractivity contribution in [3.63, 3.8) is 0 Å². The Bertz CT molecular complexity index is 1680. The van der Waals surface area contributed by atoms with Crippen molar-refractivity contribution in [2.75, 3.05) is 5.32 Å². The van der Waals surface area contributed by atoms with Gasteiger partial charge in [-0.2, -0.15) is 13.2 Å². The topological polar surface area (TPSA) is 59.9 Å². The van der Waals surface area contributed by atoms with E-state index in [4.69, 9.17) is 16.3 Å². The van der Waals surface area contributed by atoms with Crippen molar-refractivity contribution in [3.8, 4) is 17.6 Å². The molecule has 0 fully saturated rings. The standard InChI is InChI=1S/C27H15ClF4N4OS/c28-21-11-19(6-8-23(21)37-14-17-2-1-3-18(29)10-17)36-26-25-22(34-15-35-26)12-20(38-25)7-4-16-5-9-24(33-13-16)27(30,31)32/h1-3,5-6,8-13,15H,14H2,(H,34,35,36). The Labute approximate surface area is 223 Å². The van der Waals surface area contributed by atoms with Gasteiger partial charge in [0.2, 0.25) is 0 Å². The van der Waals surface area contributed by atoms with Gasteiger partial charge in [0, 0.05) is 17.4 Å². The number of hydrogen-bond donors (Lipinski definition) is 1. The van der Waals surface area contributed by atoms with Gasteiger partial charge in [0.15, 0.2) is 5.82 Å². The lowest BCUT2D eigenvalue weighted by Gasteiger charge is -2.11. The van der Waals surface area contributed by atoms with Crippen LogP contribution in [0.15, 0.2) is 73.2 Å². The van der Waals surface area contributed by atoms with Crippen LogP contribution in [0.4, 0.5) is 29.1 Å². The highest BCUT2D eigenvalue weighted by atomic mass is 35.5. The minimum Gasteiger partial charge on any atom is -0.487 e. The van der Waals surface area contributed by atoms with Gasteiger partial charge in [-0.05, 0) is 54.1 Å². The van der Waals surface area contributed by atoms with Crippen LogP contribution in [-0.4, -0.2) is 15.0 Å². The quantitative estimate of drug-likeness (QED) is 0.179. The van der Waals surface area contributed by atoms with Crippen molar-refractivity contribution in [1.29, 1.82) is 0 Å². The van der Waals surface area contributed by atoms with Gasteiger partial charge in [0.05, 0.1) is 20.1 Å². The first kappa shape index (κ1) is 25.4. The van der Waals surface area contributed by atoms with Crippen molar-refractivity contribution >= 4 is 44.7 Å². The lowest BCUT2D eigenvalue weighted by molar-refractivity contribution is -0.141. The summed E-state index contributed by atoms with van der Waals surface area (Å²) in [6.45, 7) is 0.165. The number of hydrogen-bond acceptors (Lipinski definition) is 6. The molecule has 0 spiro atoms. The maximum absolute atomic E-state index is 13.4. The molecule has 3 heterocycles. The predicted octanol–water partition coefficient (Wildman–Crippen LogP) is 7.62. The molecule has 0 aliphatic carbocycles. The molecule has 5 rings (SSSR count). The van der Waals surface area contributed by atoms with E-state index in [1.54, 1.807) is 36.4 Å². The number of ether oxygens (including phenoxy) is 1. The Hall–Kier alpha value is -4.20. The highest BCUT2D eigenvalue weighted by molar-refractivity contribution is 7.20. The molecule has 0 aliphatic heterocycles. The normalized spacial score (nSPS) is 11.2. The van der Waals surface area contributed by atoms with Crippen molar-refractivity contribution in [3.05, 3.63) is 106 Å². The zero-order valence-corrected chi connectivity index (χ0v) is 20.8. The monoisotopic (exact) mass is 554 g/mol. The van der Waals surface area contributed by atoms with E-state index in [2.05, 4.69) is 32.1 Å². The summed E-state index contributed by atoms with van der Waals surface area (Å²) < 4.78 is 57.9. The molecule has 0 saturated carbocycles. The Morgan fingerprint density at radius 3 is 2.58 bits per heavy atom. The summed E-state index contributed by atoms with van der Waals surface area (Å²) in [7, 11) is 0. The van der Waals surface area contributed by atoms with Crippen LogP contribution in [0.5, 0.6) is 5.75 Å². The molecule has 0 atom stereocenters. The smallest absolute Gasteiger partial charge is 0.433 e. The molecule has 0 aliphatic rings. The summed E-state index contributed by atoms with van der Waals surface area (Å²) in [5.41, 5.74) is 1.38. The van der Waals surface area contributed by atoms with Crippen LogP contribution in [0.2, 0.25) is 5.02 Å². The maximum Gasteiger partial charge on any atom is 0.433 e. The van der Waals surface area contributed by atoms with Gasteiger partial charge in [0.25, 0.3) is 0 Å². The molecule has 5 aromatic rings. The van der Waals surface area contributed by atoms with Crippen LogP contribution in [0.1, 0.15) is 21.7 Å². The lowest BCUT2D eigenvalue weighted by atomic mass is 10.2. The molecule has 0 amide bonds. The number of alkyl halides is 3. The second-order valence-electron chi connectivity index (χ2n) is 7.92. The van der Waals surface area contributed by atoms with Gasteiger partial charge in [-0.15, -0.1) is 11.3 Å². The fourth-order valence-electron chi connectivity index (χ4n) is 3.39. The number of pyridine rings is 1. The van der Waals surface area contributed by atoms with Crippen molar-refractivity contribution in [2.24, 2.45) is 0 Å². The summed E-state index contributed by atoms with van der Waals surface area (Å²) in [5, 5.41) is 3.57. The SMILES string of the molecule is Fc1cccc(COc2ccc(Nc3ncnc4cc(C#Cc5ccc(C(F)(F)F)nc5)sc34)cc2Cl)c1. The van der Waals surface area contributed by atoms with E-state index in [0.29, 0.717) is 43.8 Å². The van der Waals surface area contributed by atoms with Gasteiger partial charge in [0.1, 0.15) is 30.2 Å². The second-order valence-corrected chi connectivity index (χ2v) is 9.38. The highest BCUT2D eigenvalue weighted by Gasteiger charge is 2.31. The van der Waals surface area contributed by atoms with Crippen LogP contribution < -0.4 is 10.1 Å². The van der Waals surface area contributed by atoms with Gasteiger partial charge < -0.3 is 10.1 Å². The summed E-state index contributed by atoms with van der Waals surface area (Å²) in [5.74, 6) is 6.40. The molecule has 38 heavy (non-hydrogen) atoms. The number of nitrogens with one attached hydrogen (secondary N) is 1. The molecule has 190 valence electrons. The lowest BCUT2D eigenvalue weighted by Crippen LogP contribution is -2.07. The maximum atomic E-state index is 13.4. The van der Waals surface area contributed by atoms with Gasteiger partial charge in [-0.3, -0.25) is 4.98 Å². The van der Waals surface area contributed by atoms with Crippen LogP contribution in [0.25, 0.3) is 10.2 Å². The summed E-state index contributed by atoms with van der Waals surface area (Å²) >= 11 is 7.73. The van der Waals surface area contributed by atoms with E-state index in [1.807, 2.05) is 0 Å². The molecule has 3 aromatic heterocycles. The van der Waals surface area contributed by atoms with Crippen LogP contribution in [-0.2, 0) is 12.8 Å². The van der Waals surface area contributed by atoms with Crippen molar-refractivity contribution in [1.82, 2.24) is 15.0 Å². The fraction of sp³-hybridized carbons (Fsp3) is 0.0741. The fourth-order valence-corrected chi connectivity index (χ4v) is 4.54. The number of halogens is 5. The molecular formula is C27H15ClF4N4OS. The summed E-state index contributed by atoms with van der Waals surface area (Å²) in [6, 6.07) is 15.2. The second kappa shape index (κ2) is 10.7. The predicted molar refractivity (Wildman–Crippen MR) is 138 cm³/mol. The van der Waals surface area contributed by atoms with E-state index in [9.17, 15) is 17.6 Å². The molecule has 0 unspecified atom stereocenters. The molecule has 0 saturated heterocycles. The average Bonchev–Trinajstić information content (AvgIpc) is 3.31. The largest absolute Gasteiger partial charge is 0.487 e. The first-order chi connectivity index (χ1) is 18.2. The Morgan fingerprint density at radius 2 is 1.84 bits per heavy atom. The van der Waals surface area contributed by atoms with Gasteiger partial charge in [-0.25, -0.2) is 14.4 Å². The average molecular weight is 555 g/mol. The number of thiophene rings is 1.